The highest BCUT2D eigenvalue weighted by molar-refractivity contribution is 5.82. The molecule has 3 unspecified atom stereocenters. The quantitative estimate of drug-likeness (QED) is 0.687. The second-order valence-corrected chi connectivity index (χ2v) is 4.91. The highest BCUT2D eigenvalue weighted by Gasteiger charge is 2.24. The van der Waals surface area contributed by atoms with E-state index in [0.717, 1.165) is 25.7 Å². The molecule has 98 valence electrons. The van der Waals surface area contributed by atoms with Crippen molar-refractivity contribution in [2.24, 2.45) is 5.92 Å². The van der Waals surface area contributed by atoms with Gasteiger partial charge in [-0.05, 0) is 31.6 Å². The third-order valence-electron chi connectivity index (χ3n) is 3.21. The number of urea groups is 1. The Morgan fingerprint density at radius 3 is 2.59 bits per heavy atom. The number of carboxylic acid groups (broad SMARTS) is 1. The van der Waals surface area contributed by atoms with Crippen LogP contribution >= 0.6 is 0 Å². The van der Waals surface area contributed by atoms with E-state index in [1.165, 1.54) is 0 Å². The van der Waals surface area contributed by atoms with Gasteiger partial charge >= 0.3 is 12.0 Å². The van der Waals surface area contributed by atoms with E-state index in [0.29, 0.717) is 12.3 Å². The van der Waals surface area contributed by atoms with E-state index in [1.807, 2.05) is 6.92 Å². The molecule has 1 aliphatic carbocycles. The first-order chi connectivity index (χ1) is 8.02. The largest absolute Gasteiger partial charge is 0.480 e. The van der Waals surface area contributed by atoms with E-state index >= 15 is 0 Å². The summed E-state index contributed by atoms with van der Waals surface area (Å²) >= 11 is 0. The summed E-state index contributed by atoms with van der Waals surface area (Å²) in [5, 5.41) is 14.3. The molecule has 0 aromatic heterocycles. The van der Waals surface area contributed by atoms with E-state index in [9.17, 15) is 9.59 Å². The minimum Gasteiger partial charge on any atom is -0.480 e. The van der Waals surface area contributed by atoms with Crippen LogP contribution in [-0.4, -0.2) is 29.2 Å². The molecule has 17 heavy (non-hydrogen) atoms. The van der Waals surface area contributed by atoms with Crippen LogP contribution in [0.15, 0.2) is 0 Å². The van der Waals surface area contributed by atoms with Gasteiger partial charge in [-0.15, -0.1) is 0 Å². The van der Waals surface area contributed by atoms with Crippen LogP contribution in [0.3, 0.4) is 0 Å². The number of hydrogen-bond donors (Lipinski definition) is 3. The Kier molecular flexibility index (Phi) is 5.25. The Hall–Kier alpha value is -1.26. The van der Waals surface area contributed by atoms with Crippen LogP contribution in [-0.2, 0) is 4.79 Å². The van der Waals surface area contributed by atoms with Gasteiger partial charge in [-0.2, -0.15) is 0 Å². The summed E-state index contributed by atoms with van der Waals surface area (Å²) in [7, 11) is 0. The second-order valence-electron chi connectivity index (χ2n) is 4.91. The summed E-state index contributed by atoms with van der Waals surface area (Å²) in [6, 6.07) is -0.940. The maximum absolute atomic E-state index is 11.6. The molecule has 0 heterocycles. The lowest BCUT2D eigenvalue weighted by Crippen LogP contribution is -2.48. The van der Waals surface area contributed by atoms with E-state index in [2.05, 4.69) is 17.6 Å². The van der Waals surface area contributed by atoms with Gasteiger partial charge in [-0.1, -0.05) is 20.3 Å². The molecule has 3 N–H and O–H groups in total. The van der Waals surface area contributed by atoms with Crippen molar-refractivity contribution in [3.8, 4) is 0 Å². The molecular formula is C12H22N2O3. The zero-order valence-corrected chi connectivity index (χ0v) is 10.5. The number of nitrogens with one attached hydrogen (secondary N) is 2. The van der Waals surface area contributed by atoms with Crippen molar-refractivity contribution < 1.29 is 14.7 Å². The van der Waals surface area contributed by atoms with Crippen molar-refractivity contribution in [1.82, 2.24) is 10.6 Å². The van der Waals surface area contributed by atoms with Crippen molar-refractivity contribution in [3.05, 3.63) is 0 Å². The minimum absolute atomic E-state index is 0.195. The Morgan fingerprint density at radius 2 is 2.12 bits per heavy atom. The molecule has 5 heteroatoms. The normalized spacial score (nSPS) is 25.3. The number of aliphatic carboxylic acids is 1. The molecule has 0 saturated heterocycles. The fourth-order valence-electron chi connectivity index (χ4n) is 2.27. The van der Waals surface area contributed by atoms with Crippen molar-refractivity contribution in [1.29, 1.82) is 0 Å². The lowest BCUT2D eigenvalue weighted by molar-refractivity contribution is -0.139. The van der Waals surface area contributed by atoms with Crippen molar-refractivity contribution in [2.75, 3.05) is 0 Å². The maximum atomic E-state index is 11.6. The van der Waals surface area contributed by atoms with Gasteiger partial charge in [0.05, 0.1) is 0 Å². The van der Waals surface area contributed by atoms with Crippen LogP contribution in [0.1, 0.15) is 46.0 Å². The molecule has 1 fully saturated rings. The summed E-state index contributed by atoms with van der Waals surface area (Å²) in [5.74, 6) is -0.326. The predicted molar refractivity (Wildman–Crippen MR) is 64.8 cm³/mol. The van der Waals surface area contributed by atoms with Crippen LogP contribution in [0.25, 0.3) is 0 Å². The first kappa shape index (κ1) is 13.8. The lowest BCUT2D eigenvalue weighted by Gasteiger charge is -2.17. The molecule has 1 aliphatic rings. The minimum atomic E-state index is -0.971. The highest BCUT2D eigenvalue weighted by atomic mass is 16.4. The number of hydrogen-bond acceptors (Lipinski definition) is 2. The number of carboxylic acids is 1. The van der Waals surface area contributed by atoms with E-state index < -0.39 is 12.0 Å². The monoisotopic (exact) mass is 242 g/mol. The smallest absolute Gasteiger partial charge is 0.326 e. The number of rotatable bonds is 5. The van der Waals surface area contributed by atoms with Gasteiger partial charge in [-0.25, -0.2) is 9.59 Å². The Balaban J connectivity index is 2.34. The Morgan fingerprint density at radius 1 is 1.41 bits per heavy atom. The predicted octanol–water partition coefficient (Wildman–Crippen LogP) is 1.73. The van der Waals surface area contributed by atoms with Gasteiger partial charge in [0.2, 0.25) is 0 Å². The van der Waals surface area contributed by atoms with E-state index in [-0.39, 0.29) is 12.1 Å². The van der Waals surface area contributed by atoms with Crippen molar-refractivity contribution >= 4 is 12.0 Å². The van der Waals surface area contributed by atoms with Gasteiger partial charge in [-0.3, -0.25) is 0 Å². The molecular weight excluding hydrogens is 220 g/mol. The summed E-state index contributed by atoms with van der Waals surface area (Å²) in [6.45, 7) is 4.06. The van der Waals surface area contributed by atoms with Crippen LogP contribution in [0.4, 0.5) is 4.79 Å². The Labute approximate surface area is 102 Å². The summed E-state index contributed by atoms with van der Waals surface area (Å²) in [6.07, 6.45) is 4.29. The topological polar surface area (TPSA) is 78.4 Å². The fourth-order valence-corrected chi connectivity index (χ4v) is 2.27. The highest BCUT2D eigenvalue weighted by Crippen LogP contribution is 2.24. The molecule has 2 amide bonds. The molecule has 1 rings (SSSR count). The van der Waals surface area contributed by atoms with Gasteiger partial charge in [0.1, 0.15) is 6.04 Å². The molecule has 1 saturated carbocycles. The number of amides is 2. The first-order valence-electron chi connectivity index (χ1n) is 6.32. The van der Waals surface area contributed by atoms with Crippen molar-refractivity contribution in [2.45, 2.75) is 58.0 Å². The van der Waals surface area contributed by atoms with Gasteiger partial charge < -0.3 is 15.7 Å². The summed E-state index contributed by atoms with van der Waals surface area (Å²) in [5.41, 5.74) is 0. The number of carbonyl (C=O) groups excluding carboxylic acids is 1. The molecule has 0 aliphatic heterocycles. The van der Waals surface area contributed by atoms with Crippen LogP contribution in [0, 0.1) is 5.92 Å². The average molecular weight is 242 g/mol. The number of carbonyl (C=O) groups is 2. The van der Waals surface area contributed by atoms with Crippen LogP contribution < -0.4 is 10.6 Å². The Bertz CT molecular complexity index is 281. The second kappa shape index (κ2) is 6.47. The van der Waals surface area contributed by atoms with Gasteiger partial charge in [0, 0.05) is 6.04 Å². The van der Waals surface area contributed by atoms with E-state index in [4.69, 9.17) is 5.11 Å². The maximum Gasteiger partial charge on any atom is 0.326 e. The van der Waals surface area contributed by atoms with Gasteiger partial charge in [0.15, 0.2) is 0 Å². The molecule has 0 aromatic carbocycles. The fraction of sp³-hybridized carbons (Fsp3) is 0.833. The molecule has 3 atom stereocenters. The average Bonchev–Trinajstić information content (AvgIpc) is 2.63. The van der Waals surface area contributed by atoms with Gasteiger partial charge in [0.25, 0.3) is 0 Å². The van der Waals surface area contributed by atoms with Crippen molar-refractivity contribution in [3.63, 3.8) is 0 Å². The zero-order valence-electron chi connectivity index (χ0n) is 10.5. The molecule has 0 radical (unpaired) electrons. The zero-order chi connectivity index (χ0) is 12.8. The lowest BCUT2D eigenvalue weighted by atomic mass is 10.1. The molecule has 0 spiro atoms. The molecule has 5 nitrogen and oxygen atoms in total. The molecule has 0 bridgehead atoms. The summed E-state index contributed by atoms with van der Waals surface area (Å²) < 4.78 is 0. The molecule has 0 aromatic rings. The SMILES string of the molecule is CCCC(NC(=O)NC1CCC(C)C1)C(=O)O. The van der Waals surface area contributed by atoms with Crippen LogP contribution in [0.5, 0.6) is 0 Å². The van der Waals surface area contributed by atoms with Crippen LogP contribution in [0.2, 0.25) is 0 Å². The third kappa shape index (κ3) is 4.63. The standard InChI is InChI=1S/C12H22N2O3/c1-3-4-10(11(15)16)14-12(17)13-9-6-5-8(2)7-9/h8-10H,3-7H2,1-2H3,(H,15,16)(H2,13,14,17). The third-order valence-corrected chi connectivity index (χ3v) is 3.21. The first-order valence-corrected chi connectivity index (χ1v) is 6.32. The van der Waals surface area contributed by atoms with E-state index in [1.54, 1.807) is 0 Å². The summed E-state index contributed by atoms with van der Waals surface area (Å²) in [4.78, 5) is 22.5.